The van der Waals surface area contributed by atoms with Gasteiger partial charge in [-0.3, -0.25) is 0 Å². The van der Waals surface area contributed by atoms with Gasteiger partial charge >= 0.3 is 0 Å². The highest BCUT2D eigenvalue weighted by Crippen LogP contribution is 2.20. The van der Waals surface area contributed by atoms with Crippen LogP contribution >= 0.6 is 11.8 Å². The molecule has 0 saturated heterocycles. The summed E-state index contributed by atoms with van der Waals surface area (Å²) in [5.74, 6) is 0.946. The third kappa shape index (κ3) is 4.69. The molecule has 17 heavy (non-hydrogen) atoms. The van der Waals surface area contributed by atoms with Crippen molar-refractivity contribution in [2.45, 2.75) is 43.9 Å². The number of aliphatic hydroxyl groups excluding tert-OH is 1. The zero-order valence-corrected chi connectivity index (χ0v) is 11.9. The molecule has 4 nitrogen and oxygen atoms in total. The van der Waals surface area contributed by atoms with Gasteiger partial charge in [0.2, 0.25) is 0 Å². The van der Waals surface area contributed by atoms with E-state index in [1.807, 2.05) is 17.8 Å². The summed E-state index contributed by atoms with van der Waals surface area (Å²) < 4.78 is 2.01. The van der Waals surface area contributed by atoms with Gasteiger partial charge < -0.3 is 15.0 Å². The van der Waals surface area contributed by atoms with Crippen LogP contribution in [0.2, 0.25) is 0 Å². The Bertz CT molecular complexity index is 340. The second kappa shape index (κ2) is 6.42. The summed E-state index contributed by atoms with van der Waals surface area (Å²) in [5.41, 5.74) is -0.202. The molecular weight excluding hydrogens is 234 g/mol. The van der Waals surface area contributed by atoms with E-state index in [-0.39, 0.29) is 12.1 Å². The normalized spacial score (nSPS) is 15.2. The van der Waals surface area contributed by atoms with Gasteiger partial charge in [-0.2, -0.15) is 0 Å². The van der Waals surface area contributed by atoms with E-state index in [9.17, 15) is 5.11 Å². The summed E-state index contributed by atoms with van der Waals surface area (Å²) in [5, 5.41) is 13.9. The van der Waals surface area contributed by atoms with Gasteiger partial charge in [0, 0.05) is 36.8 Å². The second-order valence-electron chi connectivity index (χ2n) is 4.94. The lowest BCUT2D eigenvalue weighted by molar-refractivity contribution is 0.162. The molecule has 0 aliphatic rings. The van der Waals surface area contributed by atoms with E-state index in [4.69, 9.17) is 0 Å². The minimum atomic E-state index is -0.202. The molecule has 0 amide bonds. The molecule has 5 heteroatoms. The summed E-state index contributed by atoms with van der Waals surface area (Å²) >= 11 is 1.72. The van der Waals surface area contributed by atoms with Crippen LogP contribution in [0.4, 0.5) is 0 Å². The number of imidazole rings is 1. The van der Waals surface area contributed by atoms with E-state index in [1.54, 1.807) is 18.0 Å². The Kier molecular flexibility index (Phi) is 5.49. The standard InChI is InChI=1S/C12H23N3OS/c1-10(2)14-12(3,9-16)5-8-17-11-13-6-7-15(11)4/h6-7,10,14,16H,5,8-9H2,1-4H3. The summed E-state index contributed by atoms with van der Waals surface area (Å²) in [6.45, 7) is 6.41. The van der Waals surface area contributed by atoms with Gasteiger partial charge in [0.05, 0.1) is 6.61 Å². The molecule has 0 aromatic carbocycles. The van der Waals surface area contributed by atoms with Gasteiger partial charge in [-0.1, -0.05) is 25.6 Å². The Morgan fingerprint density at radius 3 is 2.76 bits per heavy atom. The fourth-order valence-corrected chi connectivity index (χ4v) is 2.89. The maximum absolute atomic E-state index is 9.45. The smallest absolute Gasteiger partial charge is 0.167 e. The Morgan fingerprint density at radius 1 is 1.59 bits per heavy atom. The minimum Gasteiger partial charge on any atom is -0.394 e. The summed E-state index contributed by atoms with van der Waals surface area (Å²) in [6, 6.07) is 0.380. The molecule has 1 unspecified atom stereocenters. The zero-order valence-electron chi connectivity index (χ0n) is 11.1. The molecule has 0 aliphatic carbocycles. The number of thioether (sulfide) groups is 1. The fraction of sp³-hybridized carbons (Fsp3) is 0.750. The molecule has 98 valence electrons. The number of aliphatic hydroxyl groups is 1. The van der Waals surface area contributed by atoms with Gasteiger partial charge in [0.25, 0.3) is 0 Å². The monoisotopic (exact) mass is 257 g/mol. The Balaban J connectivity index is 2.40. The van der Waals surface area contributed by atoms with Crippen molar-refractivity contribution >= 4 is 11.8 Å². The van der Waals surface area contributed by atoms with Crippen LogP contribution in [0.1, 0.15) is 27.2 Å². The Labute approximate surface area is 108 Å². The van der Waals surface area contributed by atoms with Crippen molar-refractivity contribution in [2.75, 3.05) is 12.4 Å². The SMILES string of the molecule is CC(C)NC(C)(CO)CCSc1nccn1C. The number of nitrogens with zero attached hydrogens (tertiary/aromatic N) is 2. The predicted octanol–water partition coefficient (Wildman–Crippen LogP) is 1.65. The first-order chi connectivity index (χ1) is 7.97. The van der Waals surface area contributed by atoms with E-state index < -0.39 is 0 Å². The van der Waals surface area contributed by atoms with Crippen LogP contribution in [0.5, 0.6) is 0 Å². The number of aromatic nitrogens is 2. The number of aryl methyl sites for hydroxylation is 1. The van der Waals surface area contributed by atoms with Crippen molar-refractivity contribution in [1.82, 2.24) is 14.9 Å². The van der Waals surface area contributed by atoms with Crippen molar-refractivity contribution in [3.8, 4) is 0 Å². The average molecular weight is 257 g/mol. The first kappa shape index (κ1) is 14.5. The fourth-order valence-electron chi connectivity index (χ4n) is 1.75. The molecule has 1 rings (SSSR count). The molecular formula is C12H23N3OS. The van der Waals surface area contributed by atoms with Gasteiger partial charge in [-0.05, 0) is 13.3 Å². The molecule has 0 aliphatic heterocycles. The lowest BCUT2D eigenvalue weighted by atomic mass is 9.99. The average Bonchev–Trinajstić information content (AvgIpc) is 2.63. The van der Waals surface area contributed by atoms with Crippen molar-refractivity contribution in [1.29, 1.82) is 0 Å². The van der Waals surface area contributed by atoms with Gasteiger partial charge in [-0.25, -0.2) is 4.98 Å². The molecule has 0 radical (unpaired) electrons. The number of rotatable bonds is 7. The van der Waals surface area contributed by atoms with Crippen molar-refractivity contribution in [2.24, 2.45) is 7.05 Å². The molecule has 2 N–H and O–H groups in total. The first-order valence-electron chi connectivity index (χ1n) is 5.95. The molecule has 1 heterocycles. The summed E-state index contributed by atoms with van der Waals surface area (Å²) in [4.78, 5) is 4.27. The highest BCUT2D eigenvalue weighted by atomic mass is 32.2. The topological polar surface area (TPSA) is 50.1 Å². The second-order valence-corrected chi connectivity index (χ2v) is 6.00. The Morgan fingerprint density at radius 2 is 2.29 bits per heavy atom. The van der Waals surface area contributed by atoms with E-state index in [1.165, 1.54) is 0 Å². The number of hydrogen-bond donors (Lipinski definition) is 2. The predicted molar refractivity (Wildman–Crippen MR) is 72.3 cm³/mol. The van der Waals surface area contributed by atoms with Crippen molar-refractivity contribution in [3.63, 3.8) is 0 Å². The highest BCUT2D eigenvalue weighted by Gasteiger charge is 2.23. The van der Waals surface area contributed by atoms with Crippen molar-refractivity contribution in [3.05, 3.63) is 12.4 Å². The third-order valence-corrected chi connectivity index (χ3v) is 3.71. The third-order valence-electron chi connectivity index (χ3n) is 2.65. The molecule has 0 bridgehead atoms. The molecule has 0 spiro atoms. The highest BCUT2D eigenvalue weighted by molar-refractivity contribution is 7.99. The van der Waals surface area contributed by atoms with Crippen LogP contribution in [0.25, 0.3) is 0 Å². The van der Waals surface area contributed by atoms with Crippen LogP contribution in [-0.2, 0) is 7.05 Å². The van der Waals surface area contributed by atoms with E-state index in [2.05, 4.69) is 31.1 Å². The zero-order chi connectivity index (χ0) is 12.9. The lowest BCUT2D eigenvalue weighted by Gasteiger charge is -2.31. The number of hydrogen-bond acceptors (Lipinski definition) is 4. The molecule has 1 aromatic heterocycles. The van der Waals surface area contributed by atoms with Crippen LogP contribution in [0, 0.1) is 0 Å². The molecule has 0 fully saturated rings. The van der Waals surface area contributed by atoms with Crippen LogP contribution in [-0.4, -0.2) is 38.6 Å². The summed E-state index contributed by atoms with van der Waals surface area (Å²) in [6.07, 6.45) is 4.67. The van der Waals surface area contributed by atoms with Crippen LogP contribution < -0.4 is 5.32 Å². The van der Waals surface area contributed by atoms with Gasteiger partial charge in [0.1, 0.15) is 0 Å². The largest absolute Gasteiger partial charge is 0.394 e. The maximum atomic E-state index is 9.45. The van der Waals surface area contributed by atoms with Gasteiger partial charge in [0.15, 0.2) is 5.16 Å². The van der Waals surface area contributed by atoms with Crippen LogP contribution in [0.3, 0.4) is 0 Å². The quantitative estimate of drug-likeness (QED) is 0.729. The Hall–Kier alpha value is -0.520. The molecule has 1 atom stereocenters. The van der Waals surface area contributed by atoms with Gasteiger partial charge in [-0.15, -0.1) is 0 Å². The molecule has 0 saturated carbocycles. The first-order valence-corrected chi connectivity index (χ1v) is 6.94. The van der Waals surface area contributed by atoms with E-state index >= 15 is 0 Å². The van der Waals surface area contributed by atoms with Crippen molar-refractivity contribution < 1.29 is 5.11 Å². The van der Waals surface area contributed by atoms with Crippen LogP contribution in [0.15, 0.2) is 17.6 Å². The summed E-state index contributed by atoms with van der Waals surface area (Å²) in [7, 11) is 1.99. The number of nitrogens with one attached hydrogen (secondary N) is 1. The molecule has 1 aromatic rings. The van der Waals surface area contributed by atoms with E-state index in [0.717, 1.165) is 17.3 Å². The maximum Gasteiger partial charge on any atom is 0.167 e. The van der Waals surface area contributed by atoms with E-state index in [0.29, 0.717) is 6.04 Å². The minimum absolute atomic E-state index is 0.159. The lowest BCUT2D eigenvalue weighted by Crippen LogP contribution is -2.49.